The molecule has 0 radical (unpaired) electrons. The molecule has 3 atom stereocenters. The van der Waals surface area contributed by atoms with Crippen LogP contribution in [0.25, 0.3) is 6.08 Å². The summed E-state index contributed by atoms with van der Waals surface area (Å²) in [4.78, 5) is 29.8. The van der Waals surface area contributed by atoms with E-state index in [1.807, 2.05) is 18.2 Å². The van der Waals surface area contributed by atoms with Crippen molar-refractivity contribution in [1.29, 1.82) is 0 Å². The summed E-state index contributed by atoms with van der Waals surface area (Å²) in [5.41, 5.74) is 0.696. The molecule has 1 aromatic heterocycles. The lowest BCUT2D eigenvalue weighted by Crippen LogP contribution is -2.45. The predicted molar refractivity (Wildman–Crippen MR) is 81.9 cm³/mol. The highest BCUT2D eigenvalue weighted by molar-refractivity contribution is 5.95. The minimum atomic E-state index is -0.894. The predicted octanol–water partition coefficient (Wildman–Crippen LogP) is 2.34. The van der Waals surface area contributed by atoms with Crippen molar-refractivity contribution in [3.05, 3.63) is 36.2 Å². The summed E-state index contributed by atoms with van der Waals surface area (Å²) < 4.78 is 0. The summed E-state index contributed by atoms with van der Waals surface area (Å²) in [5.74, 6) is -0.775. The van der Waals surface area contributed by atoms with E-state index in [1.54, 1.807) is 17.2 Å². The number of hydrogen-bond acceptors (Lipinski definition) is 3. The Bertz CT molecular complexity index is 585. The number of pyridine rings is 1. The smallest absolute Gasteiger partial charge is 0.326 e. The highest BCUT2D eigenvalue weighted by atomic mass is 16.4. The minimum absolute atomic E-state index is 0.0794. The minimum Gasteiger partial charge on any atom is -0.480 e. The Morgan fingerprint density at radius 3 is 2.82 bits per heavy atom. The van der Waals surface area contributed by atoms with Crippen LogP contribution in [-0.2, 0) is 9.59 Å². The fourth-order valence-corrected chi connectivity index (χ4v) is 3.71. The zero-order valence-electron chi connectivity index (χ0n) is 12.4. The molecule has 0 aromatic carbocycles. The third-order valence-corrected chi connectivity index (χ3v) is 4.71. The van der Waals surface area contributed by atoms with E-state index in [0.717, 1.165) is 25.7 Å². The van der Waals surface area contributed by atoms with Gasteiger partial charge in [-0.25, -0.2) is 4.79 Å². The second-order valence-corrected chi connectivity index (χ2v) is 6.04. The summed E-state index contributed by atoms with van der Waals surface area (Å²) in [5, 5.41) is 9.43. The Morgan fingerprint density at radius 1 is 1.27 bits per heavy atom. The molecule has 3 rings (SSSR count). The van der Waals surface area contributed by atoms with Gasteiger partial charge in [-0.3, -0.25) is 9.78 Å². The van der Waals surface area contributed by atoms with Crippen molar-refractivity contribution in [1.82, 2.24) is 9.88 Å². The van der Waals surface area contributed by atoms with Gasteiger partial charge < -0.3 is 10.0 Å². The number of nitrogens with zero attached hydrogens (tertiary/aromatic N) is 2. The Kier molecular flexibility index (Phi) is 4.22. The van der Waals surface area contributed by atoms with Crippen LogP contribution in [0.2, 0.25) is 0 Å². The van der Waals surface area contributed by atoms with Gasteiger partial charge >= 0.3 is 5.97 Å². The highest BCUT2D eigenvalue weighted by Crippen LogP contribution is 2.39. The largest absolute Gasteiger partial charge is 0.480 e. The fourth-order valence-electron chi connectivity index (χ4n) is 3.71. The molecular formula is C17H20N2O3. The van der Waals surface area contributed by atoms with Crippen molar-refractivity contribution in [2.45, 2.75) is 44.2 Å². The number of aliphatic carboxylic acids is 1. The number of aromatic nitrogens is 1. The number of likely N-dealkylation sites (tertiary alicyclic amines) is 1. The first-order chi connectivity index (χ1) is 10.7. The Balaban J connectivity index is 1.79. The Labute approximate surface area is 129 Å². The first kappa shape index (κ1) is 14.8. The van der Waals surface area contributed by atoms with Gasteiger partial charge in [0.05, 0.1) is 5.69 Å². The molecule has 1 saturated carbocycles. The number of amides is 1. The van der Waals surface area contributed by atoms with Crippen molar-refractivity contribution in [2.75, 3.05) is 0 Å². The third kappa shape index (κ3) is 2.89. The molecule has 2 fully saturated rings. The number of carboxylic acid groups (broad SMARTS) is 1. The van der Waals surface area contributed by atoms with Crippen molar-refractivity contribution in [3.63, 3.8) is 0 Å². The van der Waals surface area contributed by atoms with E-state index >= 15 is 0 Å². The second kappa shape index (κ2) is 6.30. The molecule has 0 spiro atoms. The van der Waals surface area contributed by atoms with Crippen LogP contribution in [-0.4, -0.2) is 39.0 Å². The van der Waals surface area contributed by atoms with Gasteiger partial charge in [0.15, 0.2) is 0 Å². The normalized spacial score (nSPS) is 27.8. The van der Waals surface area contributed by atoms with E-state index in [0.29, 0.717) is 18.0 Å². The molecule has 1 aliphatic carbocycles. The van der Waals surface area contributed by atoms with Crippen molar-refractivity contribution in [2.24, 2.45) is 5.92 Å². The Hall–Kier alpha value is -2.17. The molecule has 1 amide bonds. The maximum absolute atomic E-state index is 12.5. The number of carboxylic acids is 1. The molecule has 1 saturated heterocycles. The van der Waals surface area contributed by atoms with Crippen LogP contribution in [0, 0.1) is 5.92 Å². The number of rotatable bonds is 3. The Morgan fingerprint density at radius 2 is 2.09 bits per heavy atom. The average molecular weight is 300 g/mol. The van der Waals surface area contributed by atoms with Crippen LogP contribution >= 0.6 is 0 Å². The van der Waals surface area contributed by atoms with E-state index in [1.165, 1.54) is 6.08 Å². The maximum atomic E-state index is 12.5. The lowest BCUT2D eigenvalue weighted by atomic mass is 9.85. The first-order valence-corrected chi connectivity index (χ1v) is 7.81. The summed E-state index contributed by atoms with van der Waals surface area (Å²) in [6.45, 7) is 0. The molecule has 22 heavy (non-hydrogen) atoms. The van der Waals surface area contributed by atoms with Gasteiger partial charge in [0, 0.05) is 18.3 Å². The molecule has 5 heteroatoms. The number of carbonyl (C=O) groups is 2. The van der Waals surface area contributed by atoms with Crippen LogP contribution < -0.4 is 0 Å². The molecular weight excluding hydrogens is 280 g/mol. The zero-order chi connectivity index (χ0) is 15.5. The van der Waals surface area contributed by atoms with Crippen LogP contribution in [0.5, 0.6) is 0 Å². The molecule has 1 aromatic rings. The van der Waals surface area contributed by atoms with E-state index in [2.05, 4.69) is 4.98 Å². The SMILES string of the molecule is O=C(O)C1CC2CCCCC2N1C(=O)C=Cc1ccccn1. The lowest BCUT2D eigenvalue weighted by molar-refractivity contribution is -0.147. The van der Waals surface area contributed by atoms with Gasteiger partial charge in [0.1, 0.15) is 6.04 Å². The summed E-state index contributed by atoms with van der Waals surface area (Å²) in [6.07, 6.45) is 9.51. The molecule has 2 aliphatic rings. The zero-order valence-corrected chi connectivity index (χ0v) is 12.4. The molecule has 0 bridgehead atoms. The topological polar surface area (TPSA) is 70.5 Å². The molecule has 3 unspecified atom stereocenters. The molecule has 5 nitrogen and oxygen atoms in total. The highest BCUT2D eigenvalue weighted by Gasteiger charge is 2.46. The molecule has 116 valence electrons. The summed E-state index contributed by atoms with van der Waals surface area (Å²) in [6, 6.07) is 4.87. The van der Waals surface area contributed by atoms with E-state index in [-0.39, 0.29) is 11.9 Å². The molecule has 1 aliphatic heterocycles. The third-order valence-electron chi connectivity index (χ3n) is 4.71. The fraction of sp³-hybridized carbons (Fsp3) is 0.471. The number of fused-ring (bicyclic) bond motifs is 1. The van der Waals surface area contributed by atoms with E-state index in [4.69, 9.17) is 0 Å². The number of carbonyl (C=O) groups excluding carboxylic acids is 1. The van der Waals surface area contributed by atoms with Gasteiger partial charge in [-0.1, -0.05) is 18.9 Å². The maximum Gasteiger partial charge on any atom is 0.326 e. The number of hydrogen-bond donors (Lipinski definition) is 1. The summed E-state index contributed by atoms with van der Waals surface area (Å²) in [7, 11) is 0. The first-order valence-electron chi connectivity index (χ1n) is 7.81. The van der Waals surface area contributed by atoms with Crippen LogP contribution in [0.1, 0.15) is 37.8 Å². The molecule has 2 heterocycles. The average Bonchev–Trinajstić information content (AvgIpc) is 2.93. The van der Waals surface area contributed by atoms with Gasteiger partial charge in [-0.05, 0) is 43.4 Å². The van der Waals surface area contributed by atoms with Gasteiger partial charge in [-0.15, -0.1) is 0 Å². The standard InChI is InChI=1S/C17H20N2O3/c20-16(9-8-13-6-3-4-10-18-13)19-14-7-2-1-5-12(14)11-15(19)17(21)22/h3-4,6,8-10,12,14-15H,1-2,5,7,11H2,(H,21,22). The van der Waals surface area contributed by atoms with E-state index in [9.17, 15) is 14.7 Å². The van der Waals surface area contributed by atoms with Crippen molar-refractivity contribution in [3.8, 4) is 0 Å². The van der Waals surface area contributed by atoms with Gasteiger partial charge in [0.25, 0.3) is 0 Å². The van der Waals surface area contributed by atoms with Crippen LogP contribution in [0.15, 0.2) is 30.5 Å². The lowest BCUT2D eigenvalue weighted by Gasteiger charge is -2.32. The molecule has 1 N–H and O–H groups in total. The quantitative estimate of drug-likeness (QED) is 0.870. The summed E-state index contributed by atoms with van der Waals surface area (Å²) >= 11 is 0. The van der Waals surface area contributed by atoms with Gasteiger partial charge in [-0.2, -0.15) is 0 Å². The van der Waals surface area contributed by atoms with Crippen LogP contribution in [0.3, 0.4) is 0 Å². The monoisotopic (exact) mass is 300 g/mol. The van der Waals surface area contributed by atoms with Gasteiger partial charge in [0.2, 0.25) is 5.91 Å². The van der Waals surface area contributed by atoms with E-state index < -0.39 is 12.0 Å². The van der Waals surface area contributed by atoms with Crippen molar-refractivity contribution >= 4 is 18.0 Å². The second-order valence-electron chi connectivity index (χ2n) is 6.04. The van der Waals surface area contributed by atoms with Crippen molar-refractivity contribution < 1.29 is 14.7 Å². The van der Waals surface area contributed by atoms with Crippen LogP contribution in [0.4, 0.5) is 0 Å².